The smallest absolute Gasteiger partial charge is 0.220 e. The van der Waals surface area contributed by atoms with E-state index < -0.39 is 86.8 Å². The number of ether oxygens (including phenoxy) is 4. The lowest BCUT2D eigenvalue weighted by Crippen LogP contribution is -2.65. The zero-order valence-electron chi connectivity index (χ0n) is 42.7. The minimum absolute atomic E-state index is 0.152. The number of nitrogens with one attached hydrogen (secondary N) is 1. The Morgan fingerprint density at radius 2 is 0.986 bits per heavy atom. The Bertz CT molecular complexity index is 1500. The number of allylic oxidation sites excluding steroid dienone is 13. The molecule has 0 bridgehead atoms. The van der Waals surface area contributed by atoms with Crippen molar-refractivity contribution in [2.45, 2.75) is 242 Å². The van der Waals surface area contributed by atoms with Crippen LogP contribution in [0.3, 0.4) is 0 Å². The van der Waals surface area contributed by atoms with E-state index in [1.807, 2.05) is 18.2 Å². The van der Waals surface area contributed by atoms with Gasteiger partial charge in [-0.15, -0.1) is 0 Å². The first-order chi connectivity index (χ1) is 34.1. The number of unbranched alkanes of at least 4 members (excludes halogenated alkanes) is 15. The van der Waals surface area contributed by atoms with E-state index in [1.54, 1.807) is 6.08 Å². The van der Waals surface area contributed by atoms with Crippen LogP contribution in [0, 0.1) is 0 Å². The zero-order valence-corrected chi connectivity index (χ0v) is 42.7. The van der Waals surface area contributed by atoms with E-state index in [4.69, 9.17) is 18.9 Å². The molecule has 12 atom stereocenters. The summed E-state index contributed by atoms with van der Waals surface area (Å²) in [7, 11) is 0. The molecule has 2 rings (SSSR count). The van der Waals surface area contributed by atoms with Crippen molar-refractivity contribution in [1.82, 2.24) is 5.32 Å². The summed E-state index contributed by atoms with van der Waals surface area (Å²) in [4.78, 5) is 13.2. The molecule has 0 spiro atoms. The Balaban J connectivity index is 1.87. The van der Waals surface area contributed by atoms with Gasteiger partial charge in [0.1, 0.15) is 48.8 Å². The average Bonchev–Trinajstić information content (AvgIpc) is 3.36. The number of aliphatic hydroxyl groups is 8. The van der Waals surface area contributed by atoms with E-state index in [9.17, 15) is 45.6 Å². The van der Waals surface area contributed by atoms with Crippen molar-refractivity contribution >= 4 is 5.91 Å². The third-order valence-corrected chi connectivity index (χ3v) is 12.6. The first-order valence-corrected chi connectivity index (χ1v) is 26.8. The lowest BCUT2D eigenvalue weighted by atomic mass is 9.97. The van der Waals surface area contributed by atoms with Gasteiger partial charge in [-0.25, -0.2) is 0 Å². The van der Waals surface area contributed by atoms with Gasteiger partial charge >= 0.3 is 0 Å². The molecule has 2 aliphatic rings. The first kappa shape index (κ1) is 63.3. The minimum Gasteiger partial charge on any atom is -0.394 e. The molecule has 1 amide bonds. The van der Waals surface area contributed by atoms with Gasteiger partial charge in [0.25, 0.3) is 0 Å². The van der Waals surface area contributed by atoms with Crippen molar-refractivity contribution in [1.29, 1.82) is 0 Å². The summed E-state index contributed by atoms with van der Waals surface area (Å²) in [5.74, 6) is -0.325. The molecule has 0 aliphatic carbocycles. The highest BCUT2D eigenvalue weighted by molar-refractivity contribution is 5.76. The third-order valence-electron chi connectivity index (χ3n) is 12.6. The Morgan fingerprint density at radius 3 is 1.49 bits per heavy atom. The van der Waals surface area contributed by atoms with Crippen LogP contribution in [0.15, 0.2) is 85.1 Å². The van der Waals surface area contributed by atoms with Gasteiger partial charge in [-0.2, -0.15) is 0 Å². The van der Waals surface area contributed by atoms with E-state index in [0.29, 0.717) is 6.42 Å². The van der Waals surface area contributed by atoms with Crippen LogP contribution in [0.5, 0.6) is 0 Å². The van der Waals surface area contributed by atoms with Crippen LogP contribution in [0.4, 0.5) is 0 Å². The fourth-order valence-electron chi connectivity index (χ4n) is 8.25. The van der Waals surface area contributed by atoms with Crippen molar-refractivity contribution < 1.29 is 64.6 Å². The number of hydrogen-bond acceptors (Lipinski definition) is 13. The Morgan fingerprint density at radius 1 is 0.529 bits per heavy atom. The Kier molecular flexibility index (Phi) is 37.6. The van der Waals surface area contributed by atoms with Gasteiger partial charge in [-0.1, -0.05) is 189 Å². The molecule has 70 heavy (non-hydrogen) atoms. The second-order valence-electron chi connectivity index (χ2n) is 18.6. The standard InChI is InChI=1S/C56H95NO13/c1-3-5-7-9-11-13-15-17-19-21-22-24-26-28-30-32-34-36-38-40-48(61)57-44(45(60)39-37-35-33-31-29-27-25-23-20-18-16-14-12-10-8-6-4-2)43-67-55-53(66)51(64)54(47(42-59)69-55)70-56-52(65)50(63)49(62)46(41-58)68-56/h5,7,11,13,17,19,22,24,28,30,34,36-37,39,44-47,49-56,58-60,62-66H,3-4,6,8-10,12,14-16,18,20-21,23,25-27,29,31-33,35,38,40-43H2,1-2H3,(H,57,61)/b7-5-,13-11-,19-17-,24-22-,30-28-,36-34-,39-37+. The second-order valence-corrected chi connectivity index (χ2v) is 18.6. The molecule has 0 aromatic carbocycles. The summed E-state index contributed by atoms with van der Waals surface area (Å²) in [6.45, 7) is 2.61. The first-order valence-electron chi connectivity index (χ1n) is 26.8. The molecule has 9 N–H and O–H groups in total. The number of carbonyl (C=O) groups is 1. The maximum absolute atomic E-state index is 13.2. The molecule has 2 heterocycles. The van der Waals surface area contributed by atoms with Crippen molar-refractivity contribution in [3.8, 4) is 0 Å². The Labute approximate surface area is 420 Å². The van der Waals surface area contributed by atoms with E-state index in [2.05, 4.69) is 79.9 Å². The highest BCUT2D eigenvalue weighted by Crippen LogP contribution is 2.30. The van der Waals surface area contributed by atoms with Gasteiger partial charge in [0, 0.05) is 6.42 Å². The van der Waals surface area contributed by atoms with Gasteiger partial charge in [-0.05, 0) is 57.8 Å². The summed E-state index contributed by atoms with van der Waals surface area (Å²) in [6.07, 6.45) is 37.7. The Hall–Kier alpha value is -2.83. The molecule has 2 aliphatic heterocycles. The predicted molar refractivity (Wildman–Crippen MR) is 276 cm³/mol. The summed E-state index contributed by atoms with van der Waals surface area (Å²) in [6, 6.07) is -0.960. The summed E-state index contributed by atoms with van der Waals surface area (Å²) < 4.78 is 22.7. The molecule has 2 fully saturated rings. The lowest BCUT2D eigenvalue weighted by molar-refractivity contribution is -0.359. The molecular weight excluding hydrogens is 895 g/mol. The van der Waals surface area contributed by atoms with Crippen LogP contribution in [0.1, 0.15) is 168 Å². The zero-order chi connectivity index (χ0) is 51.0. The summed E-state index contributed by atoms with van der Waals surface area (Å²) >= 11 is 0. The number of aliphatic hydroxyl groups excluding tert-OH is 8. The molecule has 0 aromatic rings. The maximum atomic E-state index is 13.2. The van der Waals surface area contributed by atoms with Crippen LogP contribution in [0.2, 0.25) is 0 Å². The minimum atomic E-state index is -1.80. The number of amides is 1. The molecule has 0 radical (unpaired) electrons. The highest BCUT2D eigenvalue weighted by atomic mass is 16.7. The van der Waals surface area contributed by atoms with Crippen LogP contribution in [-0.4, -0.2) is 140 Å². The van der Waals surface area contributed by atoms with Crippen molar-refractivity contribution in [2.24, 2.45) is 0 Å². The molecule has 0 aromatic heterocycles. The van der Waals surface area contributed by atoms with Crippen LogP contribution >= 0.6 is 0 Å². The monoisotopic (exact) mass is 990 g/mol. The van der Waals surface area contributed by atoms with Gasteiger partial charge < -0.3 is 65.1 Å². The van der Waals surface area contributed by atoms with Gasteiger partial charge in [0.2, 0.25) is 5.91 Å². The molecule has 0 saturated carbocycles. The number of rotatable bonds is 40. The normalized spacial score (nSPS) is 26.7. The van der Waals surface area contributed by atoms with E-state index in [1.165, 1.54) is 77.0 Å². The van der Waals surface area contributed by atoms with E-state index in [0.717, 1.165) is 64.2 Å². The SMILES string of the molecule is CC/C=C\C/C=C\C/C=C\C/C=C\C/C=C\C/C=C\CCC(=O)NC(COC1OC(CO)C(OC2OC(CO)C(O)C(O)C2O)C(O)C1O)C(O)/C=C/CCCCCCCCCCCCCCCCC. The molecule has 2 saturated heterocycles. The highest BCUT2D eigenvalue weighted by Gasteiger charge is 2.51. The topological polar surface area (TPSA) is 228 Å². The van der Waals surface area contributed by atoms with E-state index >= 15 is 0 Å². The maximum Gasteiger partial charge on any atom is 0.220 e. The van der Waals surface area contributed by atoms with Gasteiger partial charge in [0.05, 0.1) is 32.0 Å². The van der Waals surface area contributed by atoms with Crippen LogP contribution < -0.4 is 5.32 Å². The summed E-state index contributed by atoms with van der Waals surface area (Å²) in [5, 5.41) is 86.8. The van der Waals surface area contributed by atoms with Crippen molar-refractivity contribution in [3.63, 3.8) is 0 Å². The van der Waals surface area contributed by atoms with Crippen LogP contribution in [0.25, 0.3) is 0 Å². The molecule has 14 heteroatoms. The predicted octanol–water partition coefficient (Wildman–Crippen LogP) is 7.77. The van der Waals surface area contributed by atoms with Crippen LogP contribution in [-0.2, 0) is 23.7 Å². The van der Waals surface area contributed by atoms with Crippen molar-refractivity contribution in [3.05, 3.63) is 85.1 Å². The fraction of sp³-hybridized carbons (Fsp3) is 0.732. The van der Waals surface area contributed by atoms with E-state index in [-0.39, 0.29) is 18.9 Å². The molecule has 402 valence electrons. The number of hydrogen-bond donors (Lipinski definition) is 9. The number of carbonyl (C=O) groups excluding carboxylic acids is 1. The van der Waals surface area contributed by atoms with Gasteiger partial charge in [-0.3, -0.25) is 4.79 Å². The molecule has 12 unspecified atom stereocenters. The molecule has 14 nitrogen and oxygen atoms in total. The third kappa shape index (κ3) is 27.8. The lowest BCUT2D eigenvalue weighted by Gasteiger charge is -2.46. The van der Waals surface area contributed by atoms with Gasteiger partial charge in [0.15, 0.2) is 12.6 Å². The molecular formula is C56H95NO13. The summed E-state index contributed by atoms with van der Waals surface area (Å²) in [5.41, 5.74) is 0. The fourth-order valence-corrected chi connectivity index (χ4v) is 8.25. The largest absolute Gasteiger partial charge is 0.394 e. The second kappa shape index (κ2) is 41.6. The average molecular weight is 990 g/mol. The quantitative estimate of drug-likeness (QED) is 0.0212. The van der Waals surface area contributed by atoms with Crippen molar-refractivity contribution in [2.75, 3.05) is 19.8 Å².